The lowest BCUT2D eigenvalue weighted by Crippen LogP contribution is -2.61. The third kappa shape index (κ3) is 15.4. The number of benzene rings is 4. The molecule has 81 heavy (non-hydrogen) atoms. The number of esters is 2. The highest BCUT2D eigenvalue weighted by Crippen LogP contribution is 2.40. The predicted molar refractivity (Wildman–Crippen MR) is 321 cm³/mol. The number of hydrogen-bond acceptors (Lipinski definition) is 13. The third-order valence-electron chi connectivity index (χ3n) is 14.6. The third-order valence-corrected chi connectivity index (χ3v) is 15.2. The zero-order chi connectivity index (χ0) is 56.3. The second-order valence-corrected chi connectivity index (χ2v) is 21.8. The Morgan fingerprint density at radius 3 is 1.49 bits per heavy atom. The van der Waals surface area contributed by atoms with Crippen LogP contribution in [0.2, 0.25) is 10.0 Å². The summed E-state index contributed by atoms with van der Waals surface area (Å²) < 4.78 is 18.1. The smallest absolute Gasteiger partial charge is 0.339 e. The second kappa shape index (κ2) is 28.8. The van der Waals surface area contributed by atoms with Crippen molar-refractivity contribution < 1.29 is 38.5 Å². The molecule has 4 aromatic carbocycles. The Hall–Kier alpha value is -6.77. The van der Waals surface area contributed by atoms with Crippen LogP contribution in [0.4, 0.5) is 0 Å². The minimum atomic E-state index is -1.60. The zero-order valence-corrected chi connectivity index (χ0v) is 49.4. The number of aromatic hydroxyl groups is 1. The standard InChI is InChI=1S/C62H67Cl2N7O8.2ClH/c1-40-36-44(72)20-21-45(40)47-22-26-51(66-55(47)41-18-24-49(63)53(37-41)77-34-14-32-70(2)3)57(73)68-61(28-10-6-11-29-61)59(75)79-60(76)62(30-12-7-13-31-62)69-58(74)52-27-23-48(46-17-9-8-16-43(46)39-65)56(67-52)42-19-25-50(64)54(38-42)78-35-15-33-71(4)5;;/h8-9,16-27,36-38,72H,6-7,10-15,28-35H2,1-5H3,(H,68,73)(H,69,74);2*1H. The van der Waals surface area contributed by atoms with Gasteiger partial charge < -0.3 is 39.8 Å². The number of nitriles is 1. The van der Waals surface area contributed by atoms with Crippen LogP contribution in [-0.4, -0.2) is 114 Å². The van der Waals surface area contributed by atoms with Gasteiger partial charge in [0.2, 0.25) is 0 Å². The normalized spacial score (nSPS) is 14.4. The maximum Gasteiger partial charge on any atom is 0.339 e. The van der Waals surface area contributed by atoms with Gasteiger partial charge in [0.1, 0.15) is 39.7 Å². The van der Waals surface area contributed by atoms with E-state index in [2.05, 4.69) is 26.5 Å². The van der Waals surface area contributed by atoms with Crippen molar-refractivity contribution in [3.05, 3.63) is 136 Å². The molecule has 2 amide bonds. The molecule has 0 bridgehead atoms. The second-order valence-electron chi connectivity index (χ2n) is 21.0. The van der Waals surface area contributed by atoms with Crippen LogP contribution in [0.5, 0.6) is 17.2 Å². The lowest BCUT2D eigenvalue weighted by molar-refractivity contribution is -0.170. The number of hydrogen-bond donors (Lipinski definition) is 3. The molecule has 8 rings (SSSR count). The molecule has 2 aromatic heterocycles. The first-order chi connectivity index (χ1) is 38.0. The van der Waals surface area contributed by atoms with Crippen LogP contribution in [0, 0.1) is 18.3 Å². The highest BCUT2D eigenvalue weighted by molar-refractivity contribution is 6.32. The fourth-order valence-corrected chi connectivity index (χ4v) is 10.7. The quantitative estimate of drug-likeness (QED) is 0.0371. The molecule has 19 heteroatoms. The van der Waals surface area contributed by atoms with Crippen LogP contribution in [0.1, 0.15) is 109 Å². The van der Waals surface area contributed by atoms with Gasteiger partial charge in [-0.3, -0.25) is 9.59 Å². The number of halogens is 4. The number of aromatic nitrogens is 2. The summed E-state index contributed by atoms with van der Waals surface area (Å²) in [6.07, 6.45) is 6.21. The van der Waals surface area contributed by atoms with E-state index in [1.807, 2.05) is 47.2 Å². The van der Waals surface area contributed by atoms with Crippen LogP contribution < -0.4 is 20.1 Å². The molecule has 0 spiro atoms. The molecule has 2 heterocycles. The number of aryl methyl sites for hydroxylation is 1. The van der Waals surface area contributed by atoms with Crippen molar-refractivity contribution in [1.82, 2.24) is 30.4 Å². The number of amides is 2. The summed E-state index contributed by atoms with van der Waals surface area (Å²) in [6.45, 7) is 4.33. The zero-order valence-electron chi connectivity index (χ0n) is 46.2. The molecule has 2 fully saturated rings. The summed E-state index contributed by atoms with van der Waals surface area (Å²) in [4.78, 5) is 72.7. The van der Waals surface area contributed by atoms with Crippen molar-refractivity contribution >= 4 is 71.8 Å². The summed E-state index contributed by atoms with van der Waals surface area (Å²) in [5.74, 6) is -2.18. The number of nitrogens with zero attached hydrogens (tertiary/aromatic N) is 5. The van der Waals surface area contributed by atoms with Gasteiger partial charge in [-0.2, -0.15) is 5.26 Å². The van der Waals surface area contributed by atoms with Crippen LogP contribution in [-0.2, 0) is 14.3 Å². The van der Waals surface area contributed by atoms with Crippen LogP contribution >= 0.6 is 48.0 Å². The van der Waals surface area contributed by atoms with Crippen molar-refractivity contribution in [2.24, 2.45) is 0 Å². The number of nitrogens with one attached hydrogen (secondary N) is 2. The van der Waals surface area contributed by atoms with E-state index in [9.17, 15) is 29.5 Å². The van der Waals surface area contributed by atoms with Crippen molar-refractivity contribution in [2.45, 2.75) is 95.1 Å². The van der Waals surface area contributed by atoms with Gasteiger partial charge in [-0.1, -0.05) is 98.1 Å². The largest absolute Gasteiger partial charge is 0.508 e. The van der Waals surface area contributed by atoms with Crippen LogP contribution in [0.25, 0.3) is 44.8 Å². The molecule has 2 saturated carbocycles. The summed E-state index contributed by atoms with van der Waals surface area (Å²) in [5, 5.41) is 27.2. The van der Waals surface area contributed by atoms with Crippen LogP contribution in [0.15, 0.2) is 103 Å². The van der Waals surface area contributed by atoms with E-state index in [-0.39, 0.29) is 67.6 Å². The molecule has 2 aliphatic rings. The van der Waals surface area contributed by atoms with E-state index in [0.717, 1.165) is 49.9 Å². The van der Waals surface area contributed by atoms with Crippen molar-refractivity contribution in [2.75, 3.05) is 54.5 Å². The molecule has 6 aromatic rings. The van der Waals surface area contributed by atoms with Crippen molar-refractivity contribution in [3.8, 4) is 68.1 Å². The fraction of sp³-hybridized carbons (Fsp3) is 0.371. The first-order valence-electron chi connectivity index (χ1n) is 26.9. The molecule has 0 aliphatic heterocycles. The van der Waals surface area contributed by atoms with Crippen LogP contribution in [0.3, 0.4) is 0 Å². The molecule has 15 nitrogen and oxygen atoms in total. The van der Waals surface area contributed by atoms with E-state index in [1.165, 1.54) is 0 Å². The molecule has 0 unspecified atom stereocenters. The Labute approximate surface area is 496 Å². The number of phenolic OH excluding ortho intramolecular Hbond substituents is 1. The number of phenols is 1. The number of ether oxygens (including phenoxy) is 3. The molecule has 0 saturated heterocycles. The molecule has 0 radical (unpaired) electrons. The number of pyridine rings is 2. The molecule has 0 atom stereocenters. The van der Waals surface area contributed by atoms with Gasteiger partial charge in [0.05, 0.1) is 46.3 Å². The molecular weight excluding hydrogens is 1110 g/mol. The van der Waals surface area contributed by atoms with Gasteiger partial charge in [-0.05, 0) is 151 Å². The first-order valence-corrected chi connectivity index (χ1v) is 27.6. The maximum atomic E-state index is 14.7. The minimum Gasteiger partial charge on any atom is -0.508 e. The van der Waals surface area contributed by atoms with Crippen molar-refractivity contribution in [1.29, 1.82) is 5.26 Å². The SMILES string of the molecule is Cc1cc(O)ccc1-c1ccc(C(=O)NC2(C(=O)OC(=O)C3(NC(=O)c4ccc(-c5ccccc5C#N)c(-c5ccc(Cl)c(OCCCN(C)C)c5)n4)CCCCC3)CCCCC2)nc1-c1ccc(Cl)c(OCCCN(C)C)c1.Cl.Cl. The van der Waals surface area contributed by atoms with E-state index in [1.54, 1.807) is 91.0 Å². The van der Waals surface area contributed by atoms with Gasteiger partial charge >= 0.3 is 11.9 Å². The Bertz CT molecular complexity index is 3260. The minimum absolute atomic E-state index is 0. The van der Waals surface area contributed by atoms with Gasteiger partial charge in [0, 0.05) is 40.9 Å². The topological polar surface area (TPSA) is 196 Å². The Morgan fingerprint density at radius 2 is 1.05 bits per heavy atom. The van der Waals surface area contributed by atoms with Gasteiger partial charge in [0.15, 0.2) is 0 Å². The molecule has 3 N–H and O–H groups in total. The van der Waals surface area contributed by atoms with E-state index in [0.29, 0.717) is 105 Å². The summed E-state index contributed by atoms with van der Waals surface area (Å²) >= 11 is 13.3. The lowest BCUT2D eigenvalue weighted by atomic mass is 9.80. The Kier molecular flexibility index (Phi) is 22.5. The maximum absolute atomic E-state index is 14.7. The van der Waals surface area contributed by atoms with Gasteiger partial charge in [0.25, 0.3) is 11.8 Å². The summed E-state index contributed by atoms with van der Waals surface area (Å²) in [5.41, 5.74) is 2.61. The Balaban J connectivity index is 0.00000528. The van der Waals surface area contributed by atoms with Crippen molar-refractivity contribution in [3.63, 3.8) is 0 Å². The predicted octanol–water partition coefficient (Wildman–Crippen LogP) is 12.5. The fourth-order valence-electron chi connectivity index (χ4n) is 10.4. The molecular formula is C62H69Cl4N7O8. The highest BCUT2D eigenvalue weighted by atomic mass is 35.5. The lowest BCUT2D eigenvalue weighted by Gasteiger charge is -2.38. The molecule has 428 valence electrons. The summed E-state index contributed by atoms with van der Waals surface area (Å²) in [7, 11) is 7.95. The van der Waals surface area contributed by atoms with Gasteiger partial charge in [-0.25, -0.2) is 19.6 Å². The number of carbonyl (C=O) groups is 4. The average Bonchev–Trinajstić information content (AvgIpc) is 3.49. The van der Waals surface area contributed by atoms with Gasteiger partial charge in [-0.15, -0.1) is 24.8 Å². The van der Waals surface area contributed by atoms with E-state index >= 15 is 0 Å². The Morgan fingerprint density at radius 1 is 0.605 bits per heavy atom. The summed E-state index contributed by atoms with van der Waals surface area (Å²) in [6, 6.07) is 31.5. The molecule has 2 aliphatic carbocycles. The number of carbonyl (C=O) groups excluding carboxylic acids is 4. The number of rotatable bonds is 20. The first kappa shape index (κ1) is 63.4. The van der Waals surface area contributed by atoms with E-state index < -0.39 is 34.8 Å². The highest BCUT2D eigenvalue weighted by Gasteiger charge is 2.49. The van der Waals surface area contributed by atoms with E-state index in [4.69, 9.17) is 47.4 Å². The monoisotopic (exact) mass is 1180 g/mol. The average molecular weight is 1180 g/mol.